The summed E-state index contributed by atoms with van der Waals surface area (Å²) < 4.78 is 0. The fourth-order valence-electron chi connectivity index (χ4n) is 1.63. The molecule has 15 heavy (non-hydrogen) atoms. The molecule has 0 saturated heterocycles. The first-order valence-corrected chi connectivity index (χ1v) is 6.69. The predicted octanol–water partition coefficient (Wildman–Crippen LogP) is 4.16. The minimum atomic E-state index is -0.213. The summed E-state index contributed by atoms with van der Waals surface area (Å²) in [4.78, 5) is 10.4. The minimum absolute atomic E-state index is 0.213. The Morgan fingerprint density at radius 3 is 1.87 bits per heavy atom. The molecule has 0 saturated carbocycles. The third kappa shape index (κ3) is 13.8. The molecule has 0 aliphatic heterocycles. The Hall–Kier alpha value is -0.180. The number of unbranched alkanes of at least 4 members (excludes halogenated alkanes) is 8. The molecule has 1 N–H and O–H groups in total. The van der Waals surface area contributed by atoms with Crippen LogP contribution in [0.3, 0.4) is 0 Å². The molecule has 1 amide bonds. The zero-order valence-electron chi connectivity index (χ0n) is 9.93. The second kappa shape index (κ2) is 11.9. The number of carbonyl (C=O) groups is 1. The quantitative estimate of drug-likeness (QED) is 0.429. The van der Waals surface area contributed by atoms with Crippen molar-refractivity contribution >= 4 is 17.9 Å². The van der Waals surface area contributed by atoms with Gasteiger partial charge >= 0.3 is 0 Å². The van der Waals surface area contributed by atoms with Crippen molar-refractivity contribution in [1.29, 1.82) is 0 Å². The van der Waals surface area contributed by atoms with Crippen molar-refractivity contribution in [3.8, 4) is 0 Å². The first-order chi connectivity index (χ1) is 7.27. The van der Waals surface area contributed by atoms with Gasteiger partial charge in [0.15, 0.2) is 0 Å². The summed E-state index contributed by atoms with van der Waals surface area (Å²) in [5.41, 5.74) is 0. The average molecular weight is 231 g/mol. The lowest BCUT2D eigenvalue weighted by Gasteiger charge is -2.02. The van der Waals surface area contributed by atoms with Crippen molar-refractivity contribution in [3.05, 3.63) is 0 Å². The lowest BCUT2D eigenvalue weighted by molar-refractivity contribution is 0.261. The van der Waals surface area contributed by atoms with Gasteiger partial charge in [-0.1, -0.05) is 70.9 Å². The molecule has 0 rings (SSSR count). The van der Waals surface area contributed by atoms with Crippen LogP contribution in [0.4, 0.5) is 4.79 Å². The normalized spacial score (nSPS) is 10.3. The van der Waals surface area contributed by atoms with E-state index in [-0.39, 0.29) is 5.24 Å². The van der Waals surface area contributed by atoms with Gasteiger partial charge in [-0.2, -0.15) is 0 Å². The number of hydrogen-bond donors (Lipinski definition) is 2. The second-order valence-electron chi connectivity index (χ2n) is 4.06. The predicted molar refractivity (Wildman–Crippen MR) is 69.6 cm³/mol. The summed E-state index contributed by atoms with van der Waals surface area (Å²) in [6.07, 6.45) is 11.8. The minimum Gasteiger partial charge on any atom is -0.347 e. The smallest absolute Gasteiger partial charge is 0.275 e. The van der Waals surface area contributed by atoms with Crippen LogP contribution in [0.1, 0.15) is 64.7 Å². The lowest BCUT2D eigenvalue weighted by Crippen LogP contribution is -2.17. The molecule has 0 spiro atoms. The highest BCUT2D eigenvalue weighted by atomic mass is 32.1. The summed E-state index contributed by atoms with van der Waals surface area (Å²) in [6, 6.07) is 0. The molecule has 0 atom stereocenters. The van der Waals surface area contributed by atoms with E-state index < -0.39 is 0 Å². The SMILES string of the molecule is CCCCCCCCCCCNC(=O)S. The maximum absolute atomic E-state index is 10.4. The number of rotatable bonds is 10. The van der Waals surface area contributed by atoms with Crippen LogP contribution < -0.4 is 5.32 Å². The van der Waals surface area contributed by atoms with Crippen molar-refractivity contribution in [2.75, 3.05) is 6.54 Å². The molecule has 0 aliphatic carbocycles. The molecule has 3 heteroatoms. The maximum atomic E-state index is 10.4. The van der Waals surface area contributed by atoms with Crippen LogP contribution >= 0.6 is 12.6 Å². The van der Waals surface area contributed by atoms with E-state index in [1.54, 1.807) is 0 Å². The van der Waals surface area contributed by atoms with Crippen molar-refractivity contribution in [2.45, 2.75) is 64.7 Å². The number of carbonyl (C=O) groups excluding carboxylic acids is 1. The molecule has 2 nitrogen and oxygen atoms in total. The highest BCUT2D eigenvalue weighted by Gasteiger charge is 1.93. The van der Waals surface area contributed by atoms with Gasteiger partial charge < -0.3 is 5.32 Å². The van der Waals surface area contributed by atoms with Crippen molar-refractivity contribution in [3.63, 3.8) is 0 Å². The van der Waals surface area contributed by atoms with Crippen LogP contribution in [-0.2, 0) is 0 Å². The third-order valence-corrected chi connectivity index (χ3v) is 2.71. The van der Waals surface area contributed by atoms with E-state index in [0.29, 0.717) is 0 Å². The summed E-state index contributed by atoms with van der Waals surface area (Å²) in [7, 11) is 0. The summed E-state index contributed by atoms with van der Waals surface area (Å²) in [6.45, 7) is 3.02. The topological polar surface area (TPSA) is 29.1 Å². The van der Waals surface area contributed by atoms with Gasteiger partial charge in [-0.05, 0) is 6.42 Å². The molecule has 0 bridgehead atoms. The Balaban J connectivity index is 2.89. The summed E-state index contributed by atoms with van der Waals surface area (Å²) in [5, 5.41) is 2.48. The van der Waals surface area contributed by atoms with Crippen molar-refractivity contribution < 1.29 is 4.79 Å². The Morgan fingerprint density at radius 1 is 0.933 bits per heavy atom. The standard InChI is InChI=1S/C12H25NOS/c1-2-3-4-5-6-7-8-9-10-11-13-12(14)15/h2-11H2,1H3,(H2,13,14,15). The van der Waals surface area contributed by atoms with E-state index in [0.717, 1.165) is 13.0 Å². The van der Waals surface area contributed by atoms with Crippen LogP contribution in [-0.4, -0.2) is 11.8 Å². The van der Waals surface area contributed by atoms with Crippen LogP contribution in [0.25, 0.3) is 0 Å². The Bertz CT molecular complexity index is 151. The van der Waals surface area contributed by atoms with Gasteiger partial charge in [-0.25, -0.2) is 0 Å². The Labute approximate surface area is 99.6 Å². The van der Waals surface area contributed by atoms with Gasteiger partial charge in [0.05, 0.1) is 0 Å². The highest BCUT2D eigenvalue weighted by molar-refractivity contribution is 7.96. The van der Waals surface area contributed by atoms with E-state index in [1.807, 2.05) is 0 Å². The Morgan fingerprint density at radius 2 is 1.40 bits per heavy atom. The fraction of sp³-hybridized carbons (Fsp3) is 0.917. The molecule has 0 aromatic carbocycles. The summed E-state index contributed by atoms with van der Waals surface area (Å²) >= 11 is 3.64. The van der Waals surface area contributed by atoms with E-state index in [1.165, 1.54) is 51.4 Å². The molecule has 0 unspecified atom stereocenters. The molecule has 0 aliphatic rings. The molecule has 0 aromatic heterocycles. The molecule has 0 radical (unpaired) electrons. The van der Waals surface area contributed by atoms with Gasteiger partial charge in [0, 0.05) is 6.54 Å². The zero-order valence-corrected chi connectivity index (χ0v) is 10.8. The van der Waals surface area contributed by atoms with Crippen molar-refractivity contribution in [1.82, 2.24) is 5.32 Å². The van der Waals surface area contributed by atoms with Crippen molar-refractivity contribution in [2.24, 2.45) is 0 Å². The number of amides is 1. The van der Waals surface area contributed by atoms with Gasteiger partial charge in [0.25, 0.3) is 5.24 Å². The molecule has 0 heterocycles. The van der Waals surface area contributed by atoms with Gasteiger partial charge in [-0.3, -0.25) is 4.79 Å². The number of nitrogens with one attached hydrogen (secondary N) is 1. The monoisotopic (exact) mass is 231 g/mol. The molecular weight excluding hydrogens is 206 g/mol. The van der Waals surface area contributed by atoms with Gasteiger partial charge in [0.2, 0.25) is 0 Å². The fourth-order valence-corrected chi connectivity index (χ4v) is 1.74. The maximum Gasteiger partial charge on any atom is 0.275 e. The number of thiol groups is 1. The van der Waals surface area contributed by atoms with Crippen LogP contribution in [0.2, 0.25) is 0 Å². The zero-order chi connectivity index (χ0) is 11.4. The summed E-state index contributed by atoms with van der Waals surface area (Å²) in [5.74, 6) is 0. The van der Waals surface area contributed by atoms with Crippen LogP contribution in [0, 0.1) is 0 Å². The molecular formula is C12H25NOS. The van der Waals surface area contributed by atoms with E-state index >= 15 is 0 Å². The Kier molecular flexibility index (Phi) is 11.7. The molecule has 0 aromatic rings. The van der Waals surface area contributed by atoms with Gasteiger partial charge in [-0.15, -0.1) is 0 Å². The third-order valence-electron chi connectivity index (χ3n) is 2.56. The number of hydrogen-bond acceptors (Lipinski definition) is 1. The second-order valence-corrected chi connectivity index (χ2v) is 4.47. The first-order valence-electron chi connectivity index (χ1n) is 6.24. The van der Waals surface area contributed by atoms with Gasteiger partial charge in [0.1, 0.15) is 0 Å². The van der Waals surface area contributed by atoms with Crippen LogP contribution in [0.15, 0.2) is 0 Å². The van der Waals surface area contributed by atoms with Crippen LogP contribution in [0.5, 0.6) is 0 Å². The molecule has 90 valence electrons. The average Bonchev–Trinajstić information content (AvgIpc) is 2.20. The molecule has 0 fully saturated rings. The largest absolute Gasteiger partial charge is 0.347 e. The highest BCUT2D eigenvalue weighted by Crippen LogP contribution is 2.09. The lowest BCUT2D eigenvalue weighted by atomic mass is 10.1. The van der Waals surface area contributed by atoms with E-state index in [2.05, 4.69) is 24.9 Å². The first kappa shape index (κ1) is 14.8. The van der Waals surface area contributed by atoms with E-state index in [4.69, 9.17) is 0 Å². The van der Waals surface area contributed by atoms with E-state index in [9.17, 15) is 4.79 Å².